The molecule has 6 unspecified atom stereocenters. The topological polar surface area (TPSA) is 186 Å². The zero-order valence-electron chi connectivity index (χ0n) is 36.7. The number of rotatable bonds is 40. The molecule has 1 saturated heterocycles. The summed E-state index contributed by atoms with van der Waals surface area (Å²) in [6, 6.07) is 0. The van der Waals surface area contributed by atoms with Crippen LogP contribution in [0, 0.1) is 0 Å². The first-order valence-electron chi connectivity index (χ1n) is 23.6. The average molecular weight is 851 g/mol. The number of esters is 2. The van der Waals surface area contributed by atoms with Gasteiger partial charge in [-0.2, -0.15) is 8.42 Å². The zero-order chi connectivity index (χ0) is 42.7. The van der Waals surface area contributed by atoms with E-state index in [9.17, 15) is 37.9 Å². The summed E-state index contributed by atoms with van der Waals surface area (Å²) < 4.78 is 54.0. The summed E-state index contributed by atoms with van der Waals surface area (Å²) in [6.07, 6.45) is 27.3. The highest BCUT2D eigenvalue weighted by Gasteiger charge is 2.46. The lowest BCUT2D eigenvalue weighted by atomic mass is 10.00. The van der Waals surface area contributed by atoms with E-state index in [1.165, 1.54) is 141 Å². The predicted octanol–water partition coefficient (Wildman–Crippen LogP) is 9.68. The number of aliphatic hydroxyl groups is 3. The van der Waals surface area contributed by atoms with E-state index >= 15 is 0 Å². The Labute approximate surface area is 353 Å². The number of hydrogen-bond acceptors (Lipinski definition) is 11. The van der Waals surface area contributed by atoms with Crippen LogP contribution in [0.3, 0.4) is 0 Å². The van der Waals surface area contributed by atoms with Crippen molar-refractivity contribution in [3.05, 3.63) is 0 Å². The first-order valence-corrected chi connectivity index (χ1v) is 25.2. The van der Waals surface area contributed by atoms with Gasteiger partial charge in [-0.15, -0.1) is 0 Å². The molecule has 0 amide bonds. The van der Waals surface area contributed by atoms with E-state index in [1.54, 1.807) is 0 Å². The first-order chi connectivity index (χ1) is 28.0. The van der Waals surface area contributed by atoms with Crippen LogP contribution in [-0.4, -0.2) is 96.0 Å². The normalized spacial score (nSPS) is 20.3. The predicted molar refractivity (Wildman–Crippen MR) is 229 cm³/mol. The van der Waals surface area contributed by atoms with Crippen molar-refractivity contribution >= 4 is 22.1 Å². The van der Waals surface area contributed by atoms with Gasteiger partial charge in [0.25, 0.3) is 10.1 Å². The van der Waals surface area contributed by atoms with E-state index < -0.39 is 71.2 Å². The van der Waals surface area contributed by atoms with Crippen LogP contribution < -0.4 is 0 Å². The molecule has 0 aromatic rings. The molecule has 0 aromatic carbocycles. The molecule has 0 aliphatic carbocycles. The van der Waals surface area contributed by atoms with Gasteiger partial charge in [0.15, 0.2) is 12.4 Å². The van der Waals surface area contributed by atoms with Gasteiger partial charge in [-0.1, -0.05) is 194 Å². The largest absolute Gasteiger partial charge is 0.462 e. The van der Waals surface area contributed by atoms with E-state index in [0.29, 0.717) is 12.8 Å². The molecule has 0 aromatic heterocycles. The van der Waals surface area contributed by atoms with Crippen LogP contribution in [0.4, 0.5) is 0 Å². The fourth-order valence-corrected chi connectivity index (χ4v) is 8.19. The minimum atomic E-state index is -4.59. The lowest BCUT2D eigenvalue weighted by Gasteiger charge is -2.40. The van der Waals surface area contributed by atoms with Gasteiger partial charge >= 0.3 is 11.9 Å². The smallest absolute Gasteiger partial charge is 0.306 e. The molecule has 13 heteroatoms. The van der Waals surface area contributed by atoms with Crippen LogP contribution in [0.5, 0.6) is 0 Å². The third-order valence-electron chi connectivity index (χ3n) is 11.2. The molecule has 0 radical (unpaired) electrons. The minimum absolute atomic E-state index is 0.173. The summed E-state index contributed by atoms with van der Waals surface area (Å²) in [5.41, 5.74) is 0. The second-order valence-electron chi connectivity index (χ2n) is 16.8. The number of carbonyl (C=O) groups is 2. The molecular formula is C45H86O12S. The Kier molecular flexibility index (Phi) is 34.2. The van der Waals surface area contributed by atoms with Crippen molar-refractivity contribution in [1.29, 1.82) is 0 Å². The third kappa shape index (κ3) is 30.6. The first kappa shape index (κ1) is 54.7. The van der Waals surface area contributed by atoms with Gasteiger partial charge in [0.1, 0.15) is 36.8 Å². The maximum absolute atomic E-state index is 12.8. The van der Waals surface area contributed by atoms with Gasteiger partial charge in [-0.3, -0.25) is 14.1 Å². The van der Waals surface area contributed by atoms with Crippen molar-refractivity contribution in [1.82, 2.24) is 0 Å². The molecular weight excluding hydrogens is 765 g/mol. The number of unbranched alkanes of at least 4 members (excludes halogenated alkanes) is 28. The minimum Gasteiger partial charge on any atom is -0.462 e. The molecule has 344 valence electrons. The van der Waals surface area contributed by atoms with E-state index in [2.05, 4.69) is 13.8 Å². The van der Waals surface area contributed by atoms with Crippen LogP contribution in [-0.2, 0) is 38.7 Å². The molecule has 1 rings (SSSR count). The molecule has 0 spiro atoms. The molecule has 0 bridgehead atoms. The number of aliphatic hydroxyl groups excluding tert-OH is 3. The standard InChI is InChI=1S/C45H86O12S/c1-3-5-7-9-11-13-15-16-17-18-19-20-21-22-23-24-26-28-30-32-34-41(47)56-38(35-54-40(46)33-31-29-27-25-14-12-10-8-6-4-2)36-55-45-44(50)43(49)42(48)39(57-45)37-58(51,52)53/h38-39,42-45,48-50H,3-37H2,1-2H3,(H,51,52,53). The Hall–Kier alpha value is -1.35. The van der Waals surface area contributed by atoms with E-state index in [1.807, 2.05) is 0 Å². The van der Waals surface area contributed by atoms with Crippen LogP contribution in [0.15, 0.2) is 0 Å². The summed E-state index contributed by atoms with van der Waals surface area (Å²) >= 11 is 0. The molecule has 1 aliphatic rings. The number of hydrogen-bond donors (Lipinski definition) is 4. The van der Waals surface area contributed by atoms with Crippen molar-refractivity contribution in [3.63, 3.8) is 0 Å². The van der Waals surface area contributed by atoms with E-state index in [0.717, 1.165) is 38.5 Å². The average Bonchev–Trinajstić information content (AvgIpc) is 3.18. The lowest BCUT2D eigenvalue weighted by molar-refractivity contribution is -0.297. The molecule has 4 N–H and O–H groups in total. The number of ether oxygens (including phenoxy) is 4. The van der Waals surface area contributed by atoms with Gasteiger partial charge < -0.3 is 34.3 Å². The summed E-state index contributed by atoms with van der Waals surface area (Å²) in [4.78, 5) is 25.4. The van der Waals surface area contributed by atoms with Crippen molar-refractivity contribution < 1.29 is 56.8 Å². The Morgan fingerprint density at radius 2 is 0.879 bits per heavy atom. The van der Waals surface area contributed by atoms with Crippen LogP contribution >= 0.6 is 0 Å². The highest BCUT2D eigenvalue weighted by Crippen LogP contribution is 2.24. The molecule has 1 aliphatic heterocycles. The van der Waals surface area contributed by atoms with Crippen molar-refractivity contribution in [2.24, 2.45) is 0 Å². The Balaban J connectivity index is 2.36. The Bertz CT molecular complexity index is 1090. The zero-order valence-corrected chi connectivity index (χ0v) is 37.5. The summed E-state index contributed by atoms with van der Waals surface area (Å²) in [7, 11) is -4.59. The molecule has 1 fully saturated rings. The maximum Gasteiger partial charge on any atom is 0.306 e. The molecule has 0 saturated carbocycles. The van der Waals surface area contributed by atoms with Gasteiger partial charge in [-0.25, -0.2) is 0 Å². The molecule has 58 heavy (non-hydrogen) atoms. The number of carbonyl (C=O) groups excluding carboxylic acids is 2. The second kappa shape index (κ2) is 36.3. The van der Waals surface area contributed by atoms with Crippen LogP contribution in [0.2, 0.25) is 0 Å². The van der Waals surface area contributed by atoms with Gasteiger partial charge in [0, 0.05) is 12.8 Å². The SMILES string of the molecule is CCCCCCCCCCCCCCCCCCCCCCC(=O)OC(COC(=O)CCCCCCCCCCCC)COC1OC(CS(=O)(=O)O)C(O)C(O)C1O. The Morgan fingerprint density at radius 3 is 1.26 bits per heavy atom. The van der Waals surface area contributed by atoms with Crippen molar-refractivity contribution in [2.75, 3.05) is 19.0 Å². The van der Waals surface area contributed by atoms with Gasteiger partial charge in [-0.05, 0) is 12.8 Å². The fraction of sp³-hybridized carbons (Fsp3) is 0.956. The Morgan fingerprint density at radius 1 is 0.517 bits per heavy atom. The summed E-state index contributed by atoms with van der Waals surface area (Å²) in [5, 5.41) is 30.9. The summed E-state index contributed by atoms with van der Waals surface area (Å²) in [6.45, 7) is 3.77. The van der Waals surface area contributed by atoms with E-state index in [-0.39, 0.29) is 19.4 Å². The third-order valence-corrected chi connectivity index (χ3v) is 11.9. The highest BCUT2D eigenvalue weighted by molar-refractivity contribution is 7.85. The van der Waals surface area contributed by atoms with Gasteiger partial charge in [0.2, 0.25) is 0 Å². The monoisotopic (exact) mass is 851 g/mol. The fourth-order valence-electron chi connectivity index (χ4n) is 7.50. The maximum atomic E-state index is 12.8. The van der Waals surface area contributed by atoms with Crippen LogP contribution in [0.1, 0.15) is 219 Å². The van der Waals surface area contributed by atoms with E-state index in [4.69, 9.17) is 18.9 Å². The summed E-state index contributed by atoms with van der Waals surface area (Å²) in [5.74, 6) is -1.96. The lowest BCUT2D eigenvalue weighted by Crippen LogP contribution is -2.60. The molecule has 6 atom stereocenters. The van der Waals surface area contributed by atoms with Crippen LogP contribution in [0.25, 0.3) is 0 Å². The van der Waals surface area contributed by atoms with Crippen molar-refractivity contribution in [2.45, 2.75) is 256 Å². The van der Waals surface area contributed by atoms with Crippen molar-refractivity contribution in [3.8, 4) is 0 Å². The quantitative estimate of drug-likeness (QED) is 0.0260. The molecule has 1 heterocycles. The molecule has 12 nitrogen and oxygen atoms in total. The second-order valence-corrected chi connectivity index (χ2v) is 18.3. The van der Waals surface area contributed by atoms with Gasteiger partial charge in [0.05, 0.1) is 6.61 Å². The highest BCUT2D eigenvalue weighted by atomic mass is 32.2.